The fourth-order valence-electron chi connectivity index (χ4n) is 3.43. The van der Waals surface area contributed by atoms with Crippen molar-refractivity contribution in [3.05, 3.63) is 0 Å². The van der Waals surface area contributed by atoms with E-state index in [0.717, 1.165) is 20.8 Å². The maximum absolute atomic E-state index is 11.8. The van der Waals surface area contributed by atoms with Crippen LogP contribution in [0.1, 0.15) is 67.7 Å². The first kappa shape index (κ1) is 32.1. The van der Waals surface area contributed by atoms with Gasteiger partial charge >= 0.3 is 30.0 Å². The van der Waals surface area contributed by atoms with E-state index in [2.05, 4.69) is 5.32 Å². The summed E-state index contributed by atoms with van der Waals surface area (Å²) in [5.74, 6) is -2.73. The Hall–Kier alpha value is -2.93. The van der Waals surface area contributed by atoms with Crippen molar-refractivity contribution in [3.8, 4) is 0 Å². The Morgan fingerprint density at radius 3 is 1.86 bits per heavy atom. The van der Waals surface area contributed by atoms with Gasteiger partial charge in [-0.2, -0.15) is 0 Å². The summed E-state index contributed by atoms with van der Waals surface area (Å²) in [7, 11) is 0. The Kier molecular flexibility index (Phi) is 13.3. The molecule has 13 nitrogen and oxygen atoms in total. The summed E-state index contributed by atoms with van der Waals surface area (Å²) in [6.45, 7) is 10.2. The molecule has 1 amide bonds. The lowest BCUT2D eigenvalue weighted by atomic mass is 9.98. The molecule has 0 aromatic heterocycles. The zero-order valence-corrected chi connectivity index (χ0v) is 22.5. The third-order valence-corrected chi connectivity index (χ3v) is 4.72. The molecule has 0 unspecified atom stereocenters. The van der Waals surface area contributed by atoms with Gasteiger partial charge < -0.3 is 38.5 Å². The summed E-state index contributed by atoms with van der Waals surface area (Å²) in [4.78, 5) is 58.4. The SMILES string of the molecule is CC(=O)OC[C@H]1O[C@@H](OCCCCCNC(=O)OC(C)(C)C)[C@H](OC(C)=O)[C@@H](OC(C)=O)[C@@H]1OC(C)=O. The minimum absolute atomic E-state index is 0.167. The summed E-state index contributed by atoms with van der Waals surface area (Å²) < 4.78 is 37.9. The lowest BCUT2D eigenvalue weighted by molar-refractivity contribution is -0.308. The topological polar surface area (TPSA) is 162 Å². The number of hydrogen-bond acceptors (Lipinski definition) is 12. The van der Waals surface area contributed by atoms with Gasteiger partial charge in [0.1, 0.15) is 18.3 Å². The van der Waals surface area contributed by atoms with Gasteiger partial charge in [0.2, 0.25) is 0 Å². The average molecular weight is 534 g/mol. The summed E-state index contributed by atoms with van der Waals surface area (Å²) >= 11 is 0. The molecule has 0 bridgehead atoms. The number of hydrogen-bond donors (Lipinski definition) is 1. The highest BCUT2D eigenvalue weighted by atomic mass is 16.7. The molecule has 37 heavy (non-hydrogen) atoms. The van der Waals surface area contributed by atoms with Crippen molar-refractivity contribution in [1.29, 1.82) is 0 Å². The first-order valence-corrected chi connectivity index (χ1v) is 12.1. The Balaban J connectivity index is 2.83. The molecule has 5 atom stereocenters. The zero-order chi connectivity index (χ0) is 28.2. The third kappa shape index (κ3) is 13.3. The monoisotopic (exact) mass is 533 g/mol. The van der Waals surface area contributed by atoms with Gasteiger partial charge in [0.25, 0.3) is 0 Å². The molecule has 1 aliphatic rings. The number of esters is 4. The molecule has 0 radical (unpaired) electrons. The minimum atomic E-state index is -1.28. The predicted molar refractivity (Wildman–Crippen MR) is 126 cm³/mol. The van der Waals surface area contributed by atoms with Crippen molar-refractivity contribution >= 4 is 30.0 Å². The molecule has 1 heterocycles. The molecular weight excluding hydrogens is 494 g/mol. The van der Waals surface area contributed by atoms with E-state index in [-0.39, 0.29) is 13.2 Å². The number of amides is 1. The quantitative estimate of drug-likeness (QED) is 0.220. The van der Waals surface area contributed by atoms with Crippen LogP contribution in [0.4, 0.5) is 4.79 Å². The van der Waals surface area contributed by atoms with Gasteiger partial charge in [0.05, 0.1) is 0 Å². The first-order chi connectivity index (χ1) is 17.2. The van der Waals surface area contributed by atoms with Crippen LogP contribution in [0.3, 0.4) is 0 Å². The van der Waals surface area contributed by atoms with Crippen LogP contribution < -0.4 is 5.32 Å². The predicted octanol–water partition coefficient (Wildman–Crippen LogP) is 1.78. The molecular formula is C24H39NO12. The second-order valence-electron chi connectivity index (χ2n) is 9.43. The lowest BCUT2D eigenvalue weighted by Crippen LogP contribution is -2.63. The highest BCUT2D eigenvalue weighted by Crippen LogP contribution is 2.30. The molecule has 1 saturated heterocycles. The standard InChI is InChI=1S/C24H39NO12/c1-14(26)32-13-18-19(33-15(2)27)20(34-16(3)28)21(35-17(4)29)22(36-18)31-12-10-8-9-11-25-23(30)37-24(5,6)7/h18-22H,8-13H2,1-7H3,(H,25,30)/t18-,19-,20+,21-,22-/m1/s1. The smallest absolute Gasteiger partial charge is 0.407 e. The van der Waals surface area contributed by atoms with Gasteiger partial charge in [-0.05, 0) is 40.0 Å². The van der Waals surface area contributed by atoms with E-state index in [1.165, 1.54) is 6.92 Å². The zero-order valence-electron chi connectivity index (χ0n) is 22.5. The number of alkyl carbamates (subject to hydrolysis) is 1. The van der Waals surface area contributed by atoms with E-state index in [4.69, 9.17) is 33.2 Å². The van der Waals surface area contributed by atoms with E-state index in [0.29, 0.717) is 25.8 Å². The highest BCUT2D eigenvalue weighted by molar-refractivity contribution is 5.69. The van der Waals surface area contributed by atoms with Gasteiger partial charge in [-0.15, -0.1) is 0 Å². The maximum atomic E-state index is 11.8. The van der Waals surface area contributed by atoms with Crippen LogP contribution in [-0.4, -0.2) is 86.0 Å². The van der Waals surface area contributed by atoms with Gasteiger partial charge in [-0.25, -0.2) is 4.79 Å². The van der Waals surface area contributed by atoms with Crippen LogP contribution in [0.2, 0.25) is 0 Å². The van der Waals surface area contributed by atoms with Crippen molar-refractivity contribution in [2.45, 2.75) is 104 Å². The molecule has 13 heteroatoms. The summed E-state index contributed by atoms with van der Waals surface area (Å²) in [5, 5.41) is 2.67. The molecule has 0 spiro atoms. The minimum Gasteiger partial charge on any atom is -0.463 e. The molecule has 0 aromatic rings. The normalized spacial score (nSPS) is 23.4. The van der Waals surface area contributed by atoms with Crippen LogP contribution in [0.15, 0.2) is 0 Å². The second-order valence-corrected chi connectivity index (χ2v) is 9.43. The van der Waals surface area contributed by atoms with Crippen LogP contribution in [0, 0.1) is 0 Å². The molecule has 1 aliphatic heterocycles. The second kappa shape index (κ2) is 15.4. The Morgan fingerprint density at radius 2 is 1.32 bits per heavy atom. The van der Waals surface area contributed by atoms with Crippen molar-refractivity contribution in [2.24, 2.45) is 0 Å². The van der Waals surface area contributed by atoms with Gasteiger partial charge in [0, 0.05) is 40.8 Å². The third-order valence-electron chi connectivity index (χ3n) is 4.72. The number of unbranched alkanes of at least 4 members (excludes halogenated alkanes) is 2. The lowest BCUT2D eigenvalue weighted by Gasteiger charge is -2.44. The summed E-state index contributed by atoms with van der Waals surface area (Å²) in [6, 6.07) is 0. The van der Waals surface area contributed by atoms with E-state index >= 15 is 0 Å². The van der Waals surface area contributed by atoms with Crippen LogP contribution in [0.5, 0.6) is 0 Å². The summed E-state index contributed by atoms with van der Waals surface area (Å²) in [6.07, 6.45) is -4.64. The highest BCUT2D eigenvalue weighted by Gasteiger charge is 2.52. The van der Waals surface area contributed by atoms with E-state index in [9.17, 15) is 24.0 Å². The van der Waals surface area contributed by atoms with Gasteiger partial charge in [0.15, 0.2) is 24.6 Å². The van der Waals surface area contributed by atoms with Gasteiger partial charge in [-0.3, -0.25) is 19.2 Å². The van der Waals surface area contributed by atoms with Crippen molar-refractivity contribution < 1.29 is 57.1 Å². The number of ether oxygens (including phenoxy) is 7. The molecule has 0 saturated carbocycles. The Morgan fingerprint density at radius 1 is 0.757 bits per heavy atom. The van der Waals surface area contributed by atoms with Crippen molar-refractivity contribution in [1.82, 2.24) is 5.32 Å². The maximum Gasteiger partial charge on any atom is 0.407 e. The Labute approximate surface area is 216 Å². The fraction of sp³-hybridized carbons (Fsp3) is 0.792. The summed E-state index contributed by atoms with van der Waals surface area (Å²) in [5.41, 5.74) is -0.581. The average Bonchev–Trinajstić information content (AvgIpc) is 2.73. The molecule has 0 aliphatic carbocycles. The van der Waals surface area contributed by atoms with E-state index in [1.807, 2.05) is 0 Å². The fourth-order valence-corrected chi connectivity index (χ4v) is 3.43. The largest absolute Gasteiger partial charge is 0.463 e. The van der Waals surface area contributed by atoms with Crippen LogP contribution in [-0.2, 0) is 52.3 Å². The van der Waals surface area contributed by atoms with Crippen molar-refractivity contribution in [2.75, 3.05) is 19.8 Å². The van der Waals surface area contributed by atoms with Crippen LogP contribution >= 0.6 is 0 Å². The molecule has 212 valence electrons. The number of nitrogens with one attached hydrogen (secondary N) is 1. The molecule has 1 rings (SSSR count). The number of carbonyl (C=O) groups is 5. The van der Waals surface area contributed by atoms with Gasteiger partial charge in [-0.1, -0.05) is 0 Å². The molecule has 0 aromatic carbocycles. The number of carbonyl (C=O) groups excluding carboxylic acids is 5. The first-order valence-electron chi connectivity index (χ1n) is 12.1. The number of rotatable bonds is 12. The van der Waals surface area contributed by atoms with E-state index in [1.54, 1.807) is 20.8 Å². The van der Waals surface area contributed by atoms with Crippen molar-refractivity contribution in [3.63, 3.8) is 0 Å². The molecule has 1 N–H and O–H groups in total. The van der Waals surface area contributed by atoms with Crippen LogP contribution in [0.25, 0.3) is 0 Å². The Bertz CT molecular complexity index is 793. The molecule has 1 fully saturated rings. The van der Waals surface area contributed by atoms with E-state index < -0.39 is 66.3 Å².